The van der Waals surface area contributed by atoms with Crippen LogP contribution < -0.4 is 32.1 Å². The zero-order valence-corrected chi connectivity index (χ0v) is 17.7. The number of benzene rings is 1. The first-order chi connectivity index (χ1) is 15.7. The van der Waals surface area contributed by atoms with E-state index in [1.165, 1.54) is 25.3 Å². The number of aliphatic carboxylic acids is 1. The summed E-state index contributed by atoms with van der Waals surface area (Å²) in [6, 6.07) is 2.68. The van der Waals surface area contributed by atoms with E-state index in [4.69, 9.17) is 4.74 Å². The minimum atomic E-state index is -1.47. The Morgan fingerprint density at radius 2 is 1.61 bits per heavy atom. The molecule has 1 unspecified atom stereocenters. The summed E-state index contributed by atoms with van der Waals surface area (Å²) in [7, 11) is 1.34. The predicted octanol–water partition coefficient (Wildman–Crippen LogP) is -0.831. The van der Waals surface area contributed by atoms with E-state index in [-0.39, 0.29) is 45.6 Å². The number of anilines is 2. The molecule has 1 aliphatic heterocycles. The van der Waals surface area contributed by atoms with Gasteiger partial charge in [0.1, 0.15) is 17.7 Å². The average molecular weight is 475 g/mol. The van der Waals surface area contributed by atoms with E-state index < -0.39 is 40.4 Å². The molecule has 13 nitrogen and oxygen atoms in total. The standard InChI is InChI=1S/C19H17N5O8S/c1-32-9-3-2-6(4-8(9)25)10-11-13(20-18(30)22-15(11)26)24(7(5-33)17(28)29)14-12(10)16(27)23-19(31)21-14/h2-4,7,10,25,33H,5H2,1H3,(H,28,29)(H2,20,22,26,30)(H2,21,23,27,31). The fraction of sp³-hybridized carbons (Fsp3) is 0.211. The van der Waals surface area contributed by atoms with Gasteiger partial charge in [-0.3, -0.25) is 34.4 Å². The van der Waals surface area contributed by atoms with E-state index >= 15 is 0 Å². The number of hydrogen-bond acceptors (Lipinski definition) is 9. The fourth-order valence-corrected chi connectivity index (χ4v) is 4.26. The number of nitrogens with one attached hydrogen (secondary N) is 4. The van der Waals surface area contributed by atoms with Crippen molar-refractivity contribution in [3.8, 4) is 11.5 Å². The lowest BCUT2D eigenvalue weighted by molar-refractivity contribution is -0.137. The maximum Gasteiger partial charge on any atom is 0.327 e. The van der Waals surface area contributed by atoms with Gasteiger partial charge in [-0.15, -0.1) is 0 Å². The first kappa shape index (κ1) is 22.0. The topological polar surface area (TPSA) is 201 Å². The smallest absolute Gasteiger partial charge is 0.327 e. The number of H-pyrrole nitrogens is 4. The van der Waals surface area contributed by atoms with Gasteiger partial charge in [0.25, 0.3) is 11.1 Å². The van der Waals surface area contributed by atoms with Crippen molar-refractivity contribution < 1.29 is 19.7 Å². The zero-order valence-electron chi connectivity index (χ0n) is 16.8. The Morgan fingerprint density at radius 1 is 1.06 bits per heavy atom. The Balaban J connectivity index is 2.16. The Morgan fingerprint density at radius 3 is 2.03 bits per heavy atom. The normalized spacial score (nSPS) is 13.8. The van der Waals surface area contributed by atoms with Crippen LogP contribution in [0.3, 0.4) is 0 Å². The monoisotopic (exact) mass is 475 g/mol. The number of aromatic hydroxyl groups is 1. The van der Waals surface area contributed by atoms with Gasteiger partial charge in [-0.1, -0.05) is 6.07 Å². The van der Waals surface area contributed by atoms with Crippen LogP contribution in [0.15, 0.2) is 37.4 Å². The molecule has 0 bridgehead atoms. The summed E-state index contributed by atoms with van der Waals surface area (Å²) >= 11 is 4.05. The van der Waals surface area contributed by atoms with Crippen LogP contribution in [0, 0.1) is 0 Å². The Kier molecular flexibility index (Phi) is 5.37. The Hall–Kier alpha value is -4.20. The molecule has 33 heavy (non-hydrogen) atoms. The first-order valence-corrected chi connectivity index (χ1v) is 10.0. The van der Waals surface area contributed by atoms with Gasteiger partial charge in [0.2, 0.25) is 0 Å². The molecule has 2 aromatic heterocycles. The Bertz CT molecular complexity index is 1430. The van der Waals surface area contributed by atoms with Gasteiger partial charge in [-0.2, -0.15) is 12.6 Å². The van der Waals surface area contributed by atoms with Crippen LogP contribution >= 0.6 is 12.6 Å². The van der Waals surface area contributed by atoms with Crippen molar-refractivity contribution in [3.63, 3.8) is 0 Å². The van der Waals surface area contributed by atoms with E-state index in [9.17, 15) is 34.2 Å². The maximum atomic E-state index is 13.0. The van der Waals surface area contributed by atoms with Crippen LogP contribution in [0.25, 0.3) is 0 Å². The highest BCUT2D eigenvalue weighted by Crippen LogP contribution is 2.45. The summed E-state index contributed by atoms with van der Waals surface area (Å²) in [4.78, 5) is 72.0. The molecular weight excluding hydrogens is 458 g/mol. The average Bonchev–Trinajstić information content (AvgIpc) is 2.73. The maximum absolute atomic E-state index is 13.0. The molecule has 6 N–H and O–H groups in total. The highest BCUT2D eigenvalue weighted by molar-refractivity contribution is 7.80. The number of ether oxygens (including phenoxy) is 1. The van der Waals surface area contributed by atoms with E-state index in [2.05, 4.69) is 32.6 Å². The lowest BCUT2D eigenvalue weighted by atomic mass is 9.83. The third-order valence-electron chi connectivity index (χ3n) is 5.28. The van der Waals surface area contributed by atoms with Gasteiger partial charge in [-0.25, -0.2) is 14.4 Å². The van der Waals surface area contributed by atoms with Crippen LogP contribution in [0.5, 0.6) is 11.5 Å². The third kappa shape index (κ3) is 3.49. The number of methoxy groups -OCH3 is 1. The molecule has 3 aromatic rings. The van der Waals surface area contributed by atoms with Crippen LogP contribution in [-0.4, -0.2) is 55.0 Å². The van der Waals surface area contributed by atoms with E-state index in [0.29, 0.717) is 0 Å². The van der Waals surface area contributed by atoms with Gasteiger partial charge in [0, 0.05) is 5.75 Å². The number of carbonyl (C=O) groups is 1. The van der Waals surface area contributed by atoms with Crippen LogP contribution in [0.1, 0.15) is 22.6 Å². The molecule has 172 valence electrons. The number of rotatable bonds is 5. The van der Waals surface area contributed by atoms with Gasteiger partial charge in [-0.05, 0) is 17.7 Å². The molecule has 0 amide bonds. The largest absolute Gasteiger partial charge is 0.504 e. The number of hydrogen-bond donors (Lipinski definition) is 7. The molecule has 0 spiro atoms. The summed E-state index contributed by atoms with van der Waals surface area (Å²) in [5.41, 5.74) is -3.74. The number of phenolic OH excluding ortho intramolecular Hbond substituents is 1. The number of aromatic amines is 4. The Labute approximate surface area is 188 Å². The van der Waals surface area contributed by atoms with E-state index in [1.54, 1.807) is 0 Å². The summed E-state index contributed by atoms with van der Waals surface area (Å²) in [5, 5.41) is 20.0. The van der Waals surface area contributed by atoms with Crippen molar-refractivity contribution >= 4 is 30.2 Å². The molecule has 1 aromatic carbocycles. The molecule has 14 heteroatoms. The van der Waals surface area contributed by atoms with Gasteiger partial charge in [0.15, 0.2) is 11.5 Å². The van der Waals surface area contributed by atoms with Gasteiger partial charge in [0.05, 0.1) is 24.2 Å². The van der Waals surface area contributed by atoms with Crippen molar-refractivity contribution in [2.75, 3.05) is 17.8 Å². The van der Waals surface area contributed by atoms with Gasteiger partial charge >= 0.3 is 17.3 Å². The van der Waals surface area contributed by atoms with Gasteiger partial charge < -0.3 is 14.9 Å². The number of thiol groups is 1. The quantitative estimate of drug-likeness (QED) is 0.230. The van der Waals surface area contributed by atoms with Crippen molar-refractivity contribution in [3.05, 3.63) is 76.6 Å². The number of carboxylic acids is 1. The molecule has 0 radical (unpaired) electrons. The van der Waals surface area contributed by atoms with Crippen LogP contribution in [0.2, 0.25) is 0 Å². The second-order valence-corrected chi connectivity index (χ2v) is 7.48. The van der Waals surface area contributed by atoms with E-state index in [1.807, 2.05) is 0 Å². The summed E-state index contributed by atoms with van der Waals surface area (Å²) in [6.07, 6.45) is 0. The van der Waals surface area contributed by atoms with Crippen molar-refractivity contribution in [1.29, 1.82) is 0 Å². The molecule has 0 fully saturated rings. The highest BCUT2D eigenvalue weighted by Gasteiger charge is 2.42. The lowest BCUT2D eigenvalue weighted by Gasteiger charge is -2.37. The number of fused-ring (bicyclic) bond motifs is 2. The highest BCUT2D eigenvalue weighted by atomic mass is 32.1. The third-order valence-corrected chi connectivity index (χ3v) is 5.63. The molecule has 0 aliphatic carbocycles. The molecule has 1 atom stereocenters. The van der Waals surface area contributed by atoms with Crippen molar-refractivity contribution in [2.24, 2.45) is 0 Å². The zero-order chi connectivity index (χ0) is 24.0. The SMILES string of the molecule is COc1ccc(C2c3c([nH]c(=O)[nH]c3=O)N(C(CS)C(=O)O)c3[nH]c(=O)[nH]c(=O)c32)cc1O. The molecule has 0 saturated carbocycles. The minimum Gasteiger partial charge on any atom is -0.504 e. The molecule has 4 rings (SSSR count). The molecule has 3 heterocycles. The number of carboxylic acid groups (broad SMARTS) is 1. The van der Waals surface area contributed by atoms with Crippen LogP contribution in [0.4, 0.5) is 11.6 Å². The second-order valence-electron chi connectivity index (χ2n) is 7.11. The number of phenols is 1. The lowest BCUT2D eigenvalue weighted by Crippen LogP contribution is -2.48. The number of nitrogens with zero attached hydrogens (tertiary/aromatic N) is 1. The van der Waals surface area contributed by atoms with Crippen molar-refractivity contribution in [2.45, 2.75) is 12.0 Å². The number of aromatic nitrogens is 4. The molecular formula is C19H17N5O8S. The summed E-state index contributed by atoms with van der Waals surface area (Å²) in [5.74, 6) is -3.52. The predicted molar refractivity (Wildman–Crippen MR) is 118 cm³/mol. The summed E-state index contributed by atoms with van der Waals surface area (Å²) in [6.45, 7) is 0. The second kappa shape index (κ2) is 8.05. The first-order valence-electron chi connectivity index (χ1n) is 9.40. The molecule has 1 aliphatic rings. The fourth-order valence-electron chi connectivity index (χ4n) is 3.94. The van der Waals surface area contributed by atoms with Crippen LogP contribution in [-0.2, 0) is 4.79 Å². The molecule has 0 saturated heterocycles. The van der Waals surface area contributed by atoms with E-state index in [0.717, 1.165) is 4.90 Å². The minimum absolute atomic E-state index is 0.128. The summed E-state index contributed by atoms with van der Waals surface area (Å²) < 4.78 is 5.03. The van der Waals surface area contributed by atoms with Crippen molar-refractivity contribution in [1.82, 2.24) is 19.9 Å².